The molecule has 0 atom stereocenters. The van der Waals surface area contributed by atoms with Crippen LogP contribution in [0.15, 0.2) is 24.4 Å². The largest absolute Gasteiger partial charge is 0.311 e. The van der Waals surface area contributed by atoms with Crippen LogP contribution in [-0.4, -0.2) is 16.3 Å². The average Bonchev–Trinajstić information content (AvgIpc) is 2.79. The highest BCUT2D eigenvalue weighted by atomic mass is 19.2. The van der Waals surface area contributed by atoms with E-state index in [1.54, 1.807) is 6.07 Å². The Kier molecular flexibility index (Phi) is 3.66. The van der Waals surface area contributed by atoms with E-state index < -0.39 is 17.5 Å². The minimum atomic E-state index is -1.23. The van der Waals surface area contributed by atoms with Gasteiger partial charge in [-0.05, 0) is 12.6 Å². The molecule has 0 saturated heterocycles. The highest BCUT2D eigenvalue weighted by Crippen LogP contribution is 2.18. The van der Waals surface area contributed by atoms with Crippen LogP contribution < -0.4 is 5.32 Å². The van der Waals surface area contributed by atoms with E-state index in [-0.39, 0.29) is 5.69 Å². The zero-order valence-electron chi connectivity index (χ0n) is 9.75. The van der Waals surface area contributed by atoms with Crippen molar-refractivity contribution in [1.82, 2.24) is 15.1 Å². The van der Waals surface area contributed by atoms with E-state index in [1.165, 1.54) is 6.20 Å². The van der Waals surface area contributed by atoms with E-state index in [1.807, 2.05) is 6.92 Å². The van der Waals surface area contributed by atoms with Crippen molar-refractivity contribution in [3.63, 3.8) is 0 Å². The lowest BCUT2D eigenvalue weighted by Crippen LogP contribution is -2.12. The lowest BCUT2D eigenvalue weighted by Gasteiger charge is -2.04. The molecule has 96 valence electrons. The van der Waals surface area contributed by atoms with Crippen LogP contribution in [0.4, 0.5) is 13.2 Å². The zero-order valence-corrected chi connectivity index (χ0v) is 9.75. The van der Waals surface area contributed by atoms with E-state index in [9.17, 15) is 13.2 Å². The van der Waals surface area contributed by atoms with Gasteiger partial charge in [0.25, 0.3) is 0 Å². The Morgan fingerprint density at radius 2 is 2.06 bits per heavy atom. The second kappa shape index (κ2) is 5.22. The Bertz CT molecular complexity index is 551. The third-order valence-corrected chi connectivity index (χ3v) is 2.42. The number of benzene rings is 1. The number of hydrogen-bond donors (Lipinski definition) is 1. The van der Waals surface area contributed by atoms with Gasteiger partial charge in [-0.1, -0.05) is 6.92 Å². The molecule has 0 bridgehead atoms. The Balaban J connectivity index is 2.34. The molecule has 1 heterocycles. The summed E-state index contributed by atoms with van der Waals surface area (Å²) in [6.07, 6.45) is 1.46. The lowest BCUT2D eigenvalue weighted by atomic mass is 10.3. The third-order valence-electron chi connectivity index (χ3n) is 2.42. The molecule has 1 aromatic carbocycles. The van der Waals surface area contributed by atoms with E-state index >= 15 is 0 Å². The Hall–Kier alpha value is -1.82. The van der Waals surface area contributed by atoms with Gasteiger partial charge in [0, 0.05) is 24.9 Å². The maximum absolute atomic E-state index is 13.5. The molecule has 6 heteroatoms. The first-order valence-corrected chi connectivity index (χ1v) is 5.52. The summed E-state index contributed by atoms with van der Waals surface area (Å²) in [5.41, 5.74) is 0.427. The van der Waals surface area contributed by atoms with Crippen LogP contribution in [0.25, 0.3) is 5.69 Å². The summed E-state index contributed by atoms with van der Waals surface area (Å²) in [5, 5.41) is 7.09. The van der Waals surface area contributed by atoms with Crippen molar-refractivity contribution in [2.45, 2.75) is 13.5 Å². The van der Waals surface area contributed by atoms with Gasteiger partial charge in [-0.2, -0.15) is 5.10 Å². The summed E-state index contributed by atoms with van der Waals surface area (Å²) in [4.78, 5) is 0. The molecule has 0 amide bonds. The van der Waals surface area contributed by atoms with Gasteiger partial charge in [0.2, 0.25) is 0 Å². The van der Waals surface area contributed by atoms with E-state index in [2.05, 4.69) is 10.4 Å². The summed E-state index contributed by atoms with van der Waals surface area (Å²) in [6.45, 7) is 3.23. The number of nitrogens with zero attached hydrogens (tertiary/aromatic N) is 2. The van der Waals surface area contributed by atoms with Gasteiger partial charge in [0.1, 0.15) is 11.5 Å². The first kappa shape index (κ1) is 12.6. The molecular formula is C12H12F3N3. The van der Waals surface area contributed by atoms with Crippen LogP contribution >= 0.6 is 0 Å². The molecule has 1 aromatic heterocycles. The first-order chi connectivity index (χ1) is 8.61. The first-order valence-electron chi connectivity index (χ1n) is 5.52. The topological polar surface area (TPSA) is 29.9 Å². The van der Waals surface area contributed by atoms with Gasteiger partial charge in [-0.15, -0.1) is 0 Å². The minimum absolute atomic E-state index is 0.241. The molecule has 1 N–H and O–H groups in total. The van der Waals surface area contributed by atoms with Crippen molar-refractivity contribution in [2.75, 3.05) is 6.54 Å². The van der Waals surface area contributed by atoms with Crippen molar-refractivity contribution < 1.29 is 13.2 Å². The van der Waals surface area contributed by atoms with Crippen molar-refractivity contribution in [3.05, 3.63) is 47.5 Å². The number of rotatable bonds is 4. The Morgan fingerprint density at radius 3 is 2.78 bits per heavy atom. The molecule has 18 heavy (non-hydrogen) atoms. The predicted molar refractivity (Wildman–Crippen MR) is 60.8 cm³/mol. The van der Waals surface area contributed by atoms with Crippen LogP contribution in [-0.2, 0) is 6.54 Å². The van der Waals surface area contributed by atoms with Crippen molar-refractivity contribution in [3.8, 4) is 5.69 Å². The summed E-state index contributed by atoms with van der Waals surface area (Å²) < 4.78 is 40.7. The molecule has 2 aromatic rings. The van der Waals surface area contributed by atoms with Crippen LogP contribution in [0.1, 0.15) is 12.6 Å². The Labute approximate surface area is 102 Å². The van der Waals surface area contributed by atoms with Gasteiger partial charge < -0.3 is 5.32 Å². The maximum atomic E-state index is 13.5. The number of halogens is 3. The summed E-state index contributed by atoms with van der Waals surface area (Å²) in [5.74, 6) is -3.18. The molecule has 0 aliphatic carbocycles. The zero-order chi connectivity index (χ0) is 13.1. The monoisotopic (exact) mass is 255 g/mol. The SMILES string of the molecule is CCNCc1ccn(-c2cc(F)cc(F)c2F)n1. The van der Waals surface area contributed by atoms with E-state index in [4.69, 9.17) is 0 Å². The predicted octanol–water partition coefficient (Wildman–Crippen LogP) is 2.40. The van der Waals surface area contributed by atoms with E-state index in [0.29, 0.717) is 18.3 Å². The van der Waals surface area contributed by atoms with Gasteiger partial charge in [-0.25, -0.2) is 17.9 Å². The Morgan fingerprint density at radius 1 is 1.28 bits per heavy atom. The molecular weight excluding hydrogens is 243 g/mol. The molecule has 0 unspecified atom stereocenters. The van der Waals surface area contributed by atoms with Crippen LogP contribution in [0.2, 0.25) is 0 Å². The highest BCUT2D eigenvalue weighted by molar-refractivity contribution is 5.34. The normalized spacial score (nSPS) is 10.9. The second-order valence-electron chi connectivity index (χ2n) is 3.75. The summed E-state index contributed by atoms with van der Waals surface area (Å²) in [6, 6.07) is 3.06. The number of nitrogens with one attached hydrogen (secondary N) is 1. The minimum Gasteiger partial charge on any atom is -0.311 e. The van der Waals surface area contributed by atoms with Crippen LogP contribution in [0.3, 0.4) is 0 Å². The second-order valence-corrected chi connectivity index (χ2v) is 3.75. The van der Waals surface area contributed by atoms with Gasteiger partial charge >= 0.3 is 0 Å². The molecule has 3 nitrogen and oxygen atoms in total. The van der Waals surface area contributed by atoms with Crippen molar-refractivity contribution >= 4 is 0 Å². The van der Waals surface area contributed by atoms with Gasteiger partial charge in [0.15, 0.2) is 11.6 Å². The van der Waals surface area contributed by atoms with Crippen molar-refractivity contribution in [2.24, 2.45) is 0 Å². The fraction of sp³-hybridized carbons (Fsp3) is 0.250. The average molecular weight is 255 g/mol. The number of aromatic nitrogens is 2. The summed E-state index contributed by atoms with van der Waals surface area (Å²) in [7, 11) is 0. The standard InChI is InChI=1S/C12H12F3N3/c1-2-16-7-9-3-4-18(17-9)11-6-8(13)5-10(14)12(11)15/h3-6,16H,2,7H2,1H3. The fourth-order valence-electron chi connectivity index (χ4n) is 1.55. The molecule has 0 fully saturated rings. The molecule has 2 rings (SSSR count). The highest BCUT2D eigenvalue weighted by Gasteiger charge is 2.13. The third kappa shape index (κ3) is 2.53. The maximum Gasteiger partial charge on any atom is 0.184 e. The van der Waals surface area contributed by atoms with Crippen molar-refractivity contribution in [1.29, 1.82) is 0 Å². The summed E-state index contributed by atoms with van der Waals surface area (Å²) >= 11 is 0. The molecule has 0 saturated carbocycles. The van der Waals surface area contributed by atoms with Crippen LogP contribution in [0.5, 0.6) is 0 Å². The molecule has 0 spiro atoms. The quantitative estimate of drug-likeness (QED) is 0.850. The number of hydrogen-bond acceptors (Lipinski definition) is 2. The lowest BCUT2D eigenvalue weighted by molar-refractivity contribution is 0.487. The molecule has 0 radical (unpaired) electrons. The van der Waals surface area contributed by atoms with E-state index in [0.717, 1.165) is 17.3 Å². The molecule has 0 aliphatic heterocycles. The molecule has 0 aliphatic rings. The van der Waals surface area contributed by atoms with Gasteiger partial charge in [-0.3, -0.25) is 0 Å². The van der Waals surface area contributed by atoms with Gasteiger partial charge in [0.05, 0.1) is 5.69 Å². The van der Waals surface area contributed by atoms with Crippen LogP contribution in [0, 0.1) is 17.5 Å². The fourth-order valence-corrected chi connectivity index (χ4v) is 1.55. The smallest absolute Gasteiger partial charge is 0.184 e.